The summed E-state index contributed by atoms with van der Waals surface area (Å²) >= 11 is 0. The number of carboxylic acids is 1. The van der Waals surface area contributed by atoms with Gasteiger partial charge in [-0.05, 0) is 24.6 Å². The monoisotopic (exact) mass is 210 g/mol. The first kappa shape index (κ1) is 11.5. The van der Waals surface area contributed by atoms with Crippen LogP contribution in [0.4, 0.5) is 0 Å². The van der Waals surface area contributed by atoms with Gasteiger partial charge in [0.15, 0.2) is 0 Å². The highest BCUT2D eigenvalue weighted by Crippen LogP contribution is 2.18. The SMILES string of the molecule is CC(O)(CC(=O)O)Cc1ccc(O)cc1. The highest BCUT2D eigenvalue weighted by molar-refractivity contribution is 5.68. The fourth-order valence-electron chi connectivity index (χ4n) is 1.44. The van der Waals surface area contributed by atoms with E-state index in [-0.39, 0.29) is 18.6 Å². The van der Waals surface area contributed by atoms with Gasteiger partial charge in [-0.2, -0.15) is 0 Å². The van der Waals surface area contributed by atoms with Crippen LogP contribution in [0.5, 0.6) is 5.75 Å². The van der Waals surface area contributed by atoms with Gasteiger partial charge in [-0.1, -0.05) is 12.1 Å². The summed E-state index contributed by atoms with van der Waals surface area (Å²) in [4.78, 5) is 10.5. The number of aliphatic hydroxyl groups is 1. The smallest absolute Gasteiger partial charge is 0.306 e. The number of hydrogen-bond donors (Lipinski definition) is 3. The Bertz CT molecular complexity index is 340. The van der Waals surface area contributed by atoms with Crippen LogP contribution in [-0.2, 0) is 11.2 Å². The molecule has 0 saturated heterocycles. The lowest BCUT2D eigenvalue weighted by atomic mass is 9.93. The molecule has 1 aromatic carbocycles. The van der Waals surface area contributed by atoms with Gasteiger partial charge in [0, 0.05) is 6.42 Å². The van der Waals surface area contributed by atoms with Crippen LogP contribution in [0.3, 0.4) is 0 Å². The highest BCUT2D eigenvalue weighted by atomic mass is 16.4. The topological polar surface area (TPSA) is 77.8 Å². The zero-order valence-corrected chi connectivity index (χ0v) is 8.47. The largest absolute Gasteiger partial charge is 0.508 e. The number of aromatic hydroxyl groups is 1. The summed E-state index contributed by atoms with van der Waals surface area (Å²) in [6.07, 6.45) is -0.0482. The van der Waals surface area contributed by atoms with Crippen LogP contribution in [0.25, 0.3) is 0 Å². The molecule has 1 atom stereocenters. The van der Waals surface area contributed by atoms with E-state index in [1.54, 1.807) is 12.1 Å². The Morgan fingerprint density at radius 3 is 2.33 bits per heavy atom. The molecule has 4 nitrogen and oxygen atoms in total. The second-order valence-corrected chi connectivity index (χ2v) is 3.91. The molecular weight excluding hydrogens is 196 g/mol. The third-order valence-corrected chi connectivity index (χ3v) is 2.05. The first-order valence-electron chi connectivity index (χ1n) is 4.61. The van der Waals surface area contributed by atoms with E-state index in [2.05, 4.69) is 0 Å². The molecule has 3 N–H and O–H groups in total. The minimum atomic E-state index is -1.26. The number of phenols is 1. The van der Waals surface area contributed by atoms with Gasteiger partial charge >= 0.3 is 5.97 Å². The molecule has 1 unspecified atom stereocenters. The molecule has 0 radical (unpaired) electrons. The quantitative estimate of drug-likeness (QED) is 0.696. The summed E-state index contributed by atoms with van der Waals surface area (Å²) in [5.74, 6) is -0.879. The number of benzene rings is 1. The van der Waals surface area contributed by atoms with Crippen LogP contribution < -0.4 is 0 Å². The average molecular weight is 210 g/mol. The Balaban J connectivity index is 2.68. The van der Waals surface area contributed by atoms with Crippen LogP contribution in [0.2, 0.25) is 0 Å². The summed E-state index contributed by atoms with van der Waals surface area (Å²) in [6.45, 7) is 1.48. The van der Waals surface area contributed by atoms with E-state index < -0.39 is 11.6 Å². The molecule has 0 aliphatic heterocycles. The van der Waals surface area contributed by atoms with Crippen molar-refractivity contribution >= 4 is 5.97 Å². The second kappa shape index (κ2) is 4.31. The van der Waals surface area contributed by atoms with Gasteiger partial charge in [0.1, 0.15) is 5.75 Å². The average Bonchev–Trinajstić information content (AvgIpc) is 2.06. The van der Waals surface area contributed by atoms with Gasteiger partial charge < -0.3 is 15.3 Å². The summed E-state index contributed by atoms with van der Waals surface area (Å²) in [7, 11) is 0. The van der Waals surface area contributed by atoms with E-state index in [1.165, 1.54) is 19.1 Å². The lowest BCUT2D eigenvalue weighted by Crippen LogP contribution is -2.30. The summed E-state index contributed by atoms with van der Waals surface area (Å²) in [6, 6.07) is 6.33. The summed E-state index contributed by atoms with van der Waals surface area (Å²) in [5.41, 5.74) is -0.470. The summed E-state index contributed by atoms with van der Waals surface area (Å²) < 4.78 is 0. The molecule has 0 aromatic heterocycles. The Hall–Kier alpha value is -1.55. The lowest BCUT2D eigenvalue weighted by molar-refractivity contribution is -0.141. The van der Waals surface area contributed by atoms with Crippen molar-refractivity contribution < 1.29 is 20.1 Å². The van der Waals surface area contributed by atoms with Crippen LogP contribution in [0.15, 0.2) is 24.3 Å². The van der Waals surface area contributed by atoms with E-state index >= 15 is 0 Å². The third kappa shape index (κ3) is 3.99. The standard InChI is InChI=1S/C11H14O4/c1-11(15,7-10(13)14)6-8-2-4-9(12)5-3-8/h2-5,12,15H,6-7H2,1H3,(H,13,14). The Kier molecular flexibility index (Phi) is 3.31. The van der Waals surface area contributed by atoms with Crippen molar-refractivity contribution in [1.29, 1.82) is 0 Å². The number of rotatable bonds is 4. The molecule has 1 aromatic rings. The van der Waals surface area contributed by atoms with E-state index in [4.69, 9.17) is 10.2 Å². The molecule has 0 aliphatic carbocycles. The molecule has 0 bridgehead atoms. The number of carbonyl (C=O) groups is 1. The molecule has 1 rings (SSSR count). The van der Waals surface area contributed by atoms with Crippen molar-refractivity contribution in [3.63, 3.8) is 0 Å². The van der Waals surface area contributed by atoms with Crippen LogP contribution >= 0.6 is 0 Å². The predicted molar refractivity (Wildman–Crippen MR) is 54.7 cm³/mol. The normalized spacial score (nSPS) is 14.5. The minimum Gasteiger partial charge on any atom is -0.508 e. The van der Waals surface area contributed by atoms with Gasteiger partial charge in [-0.25, -0.2) is 0 Å². The van der Waals surface area contributed by atoms with Gasteiger partial charge in [0.2, 0.25) is 0 Å². The molecular formula is C11H14O4. The first-order chi connectivity index (χ1) is 6.89. The van der Waals surface area contributed by atoms with E-state index in [1.807, 2.05) is 0 Å². The molecule has 82 valence electrons. The van der Waals surface area contributed by atoms with Crippen molar-refractivity contribution in [3.8, 4) is 5.75 Å². The zero-order chi connectivity index (χ0) is 11.5. The van der Waals surface area contributed by atoms with Gasteiger partial charge in [0.05, 0.1) is 12.0 Å². The van der Waals surface area contributed by atoms with E-state index in [0.717, 1.165) is 5.56 Å². The maximum absolute atomic E-state index is 10.5. The Morgan fingerprint density at radius 2 is 1.87 bits per heavy atom. The maximum Gasteiger partial charge on any atom is 0.306 e. The van der Waals surface area contributed by atoms with E-state index in [9.17, 15) is 9.90 Å². The predicted octanol–water partition coefficient (Wildman–Crippen LogP) is 1.16. The fraction of sp³-hybridized carbons (Fsp3) is 0.364. The Labute approximate surface area is 87.8 Å². The van der Waals surface area contributed by atoms with Crippen molar-refractivity contribution in [2.45, 2.75) is 25.4 Å². The molecule has 0 spiro atoms. The molecule has 0 aliphatic rings. The first-order valence-corrected chi connectivity index (χ1v) is 4.61. The van der Waals surface area contributed by atoms with Gasteiger partial charge in [0.25, 0.3) is 0 Å². The fourth-order valence-corrected chi connectivity index (χ4v) is 1.44. The lowest BCUT2D eigenvalue weighted by Gasteiger charge is -2.20. The molecule has 0 fully saturated rings. The van der Waals surface area contributed by atoms with Crippen LogP contribution in [0, 0.1) is 0 Å². The van der Waals surface area contributed by atoms with Gasteiger partial charge in [-0.3, -0.25) is 4.79 Å². The number of carboxylic acid groups (broad SMARTS) is 1. The van der Waals surface area contributed by atoms with Crippen molar-refractivity contribution in [1.82, 2.24) is 0 Å². The highest BCUT2D eigenvalue weighted by Gasteiger charge is 2.24. The molecule has 0 amide bonds. The number of phenolic OH excluding ortho intramolecular Hbond substituents is 1. The van der Waals surface area contributed by atoms with Crippen LogP contribution in [-0.4, -0.2) is 26.9 Å². The van der Waals surface area contributed by atoms with Gasteiger partial charge in [-0.15, -0.1) is 0 Å². The third-order valence-electron chi connectivity index (χ3n) is 2.05. The number of hydrogen-bond acceptors (Lipinski definition) is 3. The Morgan fingerprint density at radius 1 is 1.33 bits per heavy atom. The molecule has 15 heavy (non-hydrogen) atoms. The number of aliphatic carboxylic acids is 1. The molecule has 0 heterocycles. The van der Waals surface area contributed by atoms with Crippen LogP contribution in [0.1, 0.15) is 18.9 Å². The second-order valence-electron chi connectivity index (χ2n) is 3.91. The zero-order valence-electron chi connectivity index (χ0n) is 8.47. The van der Waals surface area contributed by atoms with Crippen molar-refractivity contribution in [2.75, 3.05) is 0 Å². The summed E-state index contributed by atoms with van der Waals surface area (Å²) in [5, 5.41) is 27.4. The molecule has 4 heteroatoms. The molecule has 0 saturated carbocycles. The van der Waals surface area contributed by atoms with E-state index in [0.29, 0.717) is 0 Å². The van der Waals surface area contributed by atoms with Crippen molar-refractivity contribution in [3.05, 3.63) is 29.8 Å². The van der Waals surface area contributed by atoms with Crippen molar-refractivity contribution in [2.24, 2.45) is 0 Å². The maximum atomic E-state index is 10.5. The minimum absolute atomic E-state index is 0.150.